The van der Waals surface area contributed by atoms with Crippen LogP contribution in [0.25, 0.3) is 0 Å². The molecule has 4 unspecified atom stereocenters. The first-order chi connectivity index (χ1) is 31.9. The standard InChI is InChI=1S/C61H60O4/c1-45-25-33-53(34-26-45)57(62-41-49-17-9-5-10-18-49)61(58(54-35-27-46(2)28-36-54)63-42-50-19-11-6-12-20-50,59(55-37-29-47(3)30-38-55)64-43-51-21-13-7-14-22-51)60(56-39-31-48(4)32-40-56)65-44-52-23-15-8-16-24-52/h5-40,57-60H,41-44H2,1-4H3. The first-order valence-electron chi connectivity index (χ1n) is 22.7. The van der Waals surface area contributed by atoms with E-state index in [-0.39, 0.29) is 0 Å². The highest BCUT2D eigenvalue weighted by Gasteiger charge is 2.61. The van der Waals surface area contributed by atoms with Crippen molar-refractivity contribution < 1.29 is 18.9 Å². The Morgan fingerprint density at radius 2 is 0.446 bits per heavy atom. The summed E-state index contributed by atoms with van der Waals surface area (Å²) in [6.45, 7) is 9.85. The van der Waals surface area contributed by atoms with E-state index in [1.807, 2.05) is 24.3 Å². The van der Waals surface area contributed by atoms with Gasteiger partial charge in [-0.1, -0.05) is 241 Å². The highest BCUT2D eigenvalue weighted by atomic mass is 16.5. The lowest BCUT2D eigenvalue weighted by Crippen LogP contribution is -2.49. The van der Waals surface area contributed by atoms with E-state index in [1.54, 1.807) is 0 Å². The molecule has 0 aliphatic heterocycles. The Bertz CT molecular complexity index is 2230. The number of rotatable bonds is 20. The van der Waals surface area contributed by atoms with Crippen LogP contribution in [0.2, 0.25) is 0 Å². The van der Waals surface area contributed by atoms with E-state index >= 15 is 0 Å². The van der Waals surface area contributed by atoms with Gasteiger partial charge in [0.05, 0.1) is 56.3 Å². The molecule has 8 rings (SSSR count). The summed E-state index contributed by atoms with van der Waals surface area (Å²) in [4.78, 5) is 0. The van der Waals surface area contributed by atoms with Crippen LogP contribution in [-0.2, 0) is 45.4 Å². The van der Waals surface area contributed by atoms with Crippen molar-refractivity contribution in [1.82, 2.24) is 0 Å². The second-order valence-electron chi connectivity index (χ2n) is 17.3. The van der Waals surface area contributed by atoms with Gasteiger partial charge in [0.2, 0.25) is 0 Å². The maximum absolute atomic E-state index is 7.71. The summed E-state index contributed by atoms with van der Waals surface area (Å²) >= 11 is 0. The monoisotopic (exact) mass is 856 g/mol. The van der Waals surface area contributed by atoms with E-state index < -0.39 is 29.8 Å². The fourth-order valence-electron chi connectivity index (χ4n) is 8.92. The minimum Gasteiger partial charge on any atom is -0.368 e. The van der Waals surface area contributed by atoms with Crippen molar-refractivity contribution in [3.05, 3.63) is 285 Å². The van der Waals surface area contributed by atoms with Crippen molar-refractivity contribution in [3.8, 4) is 0 Å². The maximum atomic E-state index is 7.71. The van der Waals surface area contributed by atoms with Crippen molar-refractivity contribution in [2.45, 2.75) is 78.5 Å². The van der Waals surface area contributed by atoms with Gasteiger partial charge in [0.15, 0.2) is 0 Å². The Morgan fingerprint density at radius 3 is 0.631 bits per heavy atom. The van der Waals surface area contributed by atoms with E-state index in [0.717, 1.165) is 66.8 Å². The molecule has 0 aliphatic rings. The lowest BCUT2D eigenvalue weighted by atomic mass is 9.61. The van der Waals surface area contributed by atoms with Gasteiger partial charge >= 0.3 is 0 Å². The fourth-order valence-corrected chi connectivity index (χ4v) is 8.92. The summed E-state index contributed by atoms with van der Waals surface area (Å²) in [5, 5.41) is 0. The van der Waals surface area contributed by atoms with Crippen LogP contribution < -0.4 is 0 Å². The summed E-state index contributed by atoms with van der Waals surface area (Å²) < 4.78 is 30.9. The van der Waals surface area contributed by atoms with Gasteiger partial charge < -0.3 is 18.9 Å². The molecular formula is C61H60O4. The molecule has 0 saturated heterocycles. The van der Waals surface area contributed by atoms with Gasteiger partial charge in [0.1, 0.15) is 0 Å². The third-order valence-electron chi connectivity index (χ3n) is 12.4. The quantitative estimate of drug-likeness (QED) is 0.0765. The van der Waals surface area contributed by atoms with Crippen molar-refractivity contribution in [2.24, 2.45) is 5.41 Å². The first-order valence-corrected chi connectivity index (χ1v) is 22.7. The number of aryl methyl sites for hydroxylation is 4. The molecule has 8 aromatic rings. The van der Waals surface area contributed by atoms with Crippen LogP contribution in [0.15, 0.2) is 218 Å². The van der Waals surface area contributed by atoms with Gasteiger partial charge in [-0.05, 0) is 72.2 Å². The molecule has 0 fully saturated rings. The van der Waals surface area contributed by atoms with E-state index in [4.69, 9.17) is 18.9 Å². The van der Waals surface area contributed by atoms with E-state index in [0.29, 0.717) is 26.4 Å². The molecule has 4 nitrogen and oxygen atoms in total. The topological polar surface area (TPSA) is 36.9 Å². The zero-order chi connectivity index (χ0) is 44.9. The minimum absolute atomic E-state index is 0.332. The van der Waals surface area contributed by atoms with Gasteiger partial charge in [-0.15, -0.1) is 0 Å². The summed E-state index contributed by atoms with van der Waals surface area (Å²) in [7, 11) is 0. The molecular weight excluding hydrogens is 797 g/mol. The molecule has 0 heterocycles. The van der Waals surface area contributed by atoms with Crippen LogP contribution in [0.1, 0.15) is 91.2 Å². The highest BCUT2D eigenvalue weighted by molar-refractivity contribution is 5.39. The molecule has 0 bridgehead atoms. The lowest BCUT2D eigenvalue weighted by molar-refractivity contribution is -0.261. The minimum atomic E-state index is -1.21. The third kappa shape index (κ3) is 11.3. The van der Waals surface area contributed by atoms with Crippen LogP contribution in [0.3, 0.4) is 0 Å². The van der Waals surface area contributed by atoms with Crippen LogP contribution >= 0.6 is 0 Å². The molecule has 328 valence electrons. The molecule has 4 heteroatoms. The number of benzene rings is 8. The Kier molecular flexibility index (Phi) is 15.3. The summed E-state index contributed by atoms with van der Waals surface area (Å²) in [5.41, 5.74) is 11.6. The number of ether oxygens (including phenoxy) is 4. The molecule has 0 aliphatic carbocycles. The highest BCUT2D eigenvalue weighted by Crippen LogP contribution is 2.65. The second kappa shape index (κ2) is 22.0. The SMILES string of the molecule is Cc1ccc(C(OCc2ccccc2)C(C(OCc2ccccc2)c2ccc(C)cc2)(C(OCc2ccccc2)c2ccc(C)cc2)C(OCc2ccccc2)c2ccc(C)cc2)cc1. The summed E-state index contributed by atoms with van der Waals surface area (Å²) in [5.74, 6) is 0. The van der Waals surface area contributed by atoms with Gasteiger partial charge in [-0.3, -0.25) is 0 Å². The number of hydrogen-bond donors (Lipinski definition) is 0. The zero-order valence-corrected chi connectivity index (χ0v) is 38.1. The average molecular weight is 857 g/mol. The fraction of sp³-hybridized carbons (Fsp3) is 0.213. The molecule has 65 heavy (non-hydrogen) atoms. The molecule has 0 aromatic heterocycles. The molecule has 4 atom stereocenters. The van der Waals surface area contributed by atoms with Gasteiger partial charge in [0, 0.05) is 0 Å². The Hall–Kier alpha value is -6.40. The van der Waals surface area contributed by atoms with Crippen molar-refractivity contribution in [1.29, 1.82) is 0 Å². The van der Waals surface area contributed by atoms with Crippen LogP contribution in [0.5, 0.6) is 0 Å². The second-order valence-corrected chi connectivity index (χ2v) is 17.3. The Balaban J connectivity index is 1.50. The predicted molar refractivity (Wildman–Crippen MR) is 263 cm³/mol. The zero-order valence-electron chi connectivity index (χ0n) is 38.1. The van der Waals surface area contributed by atoms with Gasteiger partial charge in [-0.2, -0.15) is 0 Å². The Morgan fingerprint density at radius 1 is 0.262 bits per heavy atom. The summed E-state index contributed by atoms with van der Waals surface area (Å²) in [6, 6.07) is 77.0. The molecule has 0 amide bonds. The van der Waals surface area contributed by atoms with Crippen LogP contribution in [-0.4, -0.2) is 0 Å². The molecule has 0 spiro atoms. The Labute approximate surface area is 386 Å². The molecule has 8 aromatic carbocycles. The van der Waals surface area contributed by atoms with Gasteiger partial charge in [-0.25, -0.2) is 0 Å². The summed E-state index contributed by atoms with van der Waals surface area (Å²) in [6.07, 6.45) is -2.74. The molecule has 0 saturated carbocycles. The van der Waals surface area contributed by atoms with Crippen molar-refractivity contribution >= 4 is 0 Å². The van der Waals surface area contributed by atoms with Crippen LogP contribution in [0.4, 0.5) is 0 Å². The van der Waals surface area contributed by atoms with Crippen molar-refractivity contribution in [3.63, 3.8) is 0 Å². The molecule has 0 radical (unpaired) electrons. The third-order valence-corrected chi connectivity index (χ3v) is 12.4. The largest absolute Gasteiger partial charge is 0.368 e. The van der Waals surface area contributed by atoms with Crippen LogP contribution in [0, 0.1) is 33.1 Å². The lowest BCUT2D eigenvalue weighted by Gasteiger charge is -2.54. The maximum Gasteiger partial charge on any atom is 0.0971 e. The smallest absolute Gasteiger partial charge is 0.0971 e. The normalized spacial score (nSPS) is 14.2. The van der Waals surface area contributed by atoms with E-state index in [2.05, 4.69) is 222 Å². The van der Waals surface area contributed by atoms with E-state index in [9.17, 15) is 0 Å². The predicted octanol–water partition coefficient (Wildman–Crippen LogP) is 15.0. The average Bonchev–Trinajstić information content (AvgIpc) is 3.35. The van der Waals surface area contributed by atoms with Crippen molar-refractivity contribution in [2.75, 3.05) is 0 Å². The van der Waals surface area contributed by atoms with Gasteiger partial charge in [0.25, 0.3) is 0 Å². The molecule has 0 N–H and O–H groups in total. The first kappa shape index (κ1) is 45.2. The number of hydrogen-bond acceptors (Lipinski definition) is 4. The van der Waals surface area contributed by atoms with E-state index in [1.165, 1.54) is 0 Å².